The van der Waals surface area contributed by atoms with Crippen LogP contribution >= 0.6 is 0 Å². The average Bonchev–Trinajstić information content (AvgIpc) is 3.04. The highest BCUT2D eigenvalue weighted by Gasteiger charge is 2.38. The van der Waals surface area contributed by atoms with E-state index in [1.54, 1.807) is 6.08 Å². The lowest BCUT2D eigenvalue weighted by Gasteiger charge is -2.35. The number of nitrogens with zero attached hydrogens (tertiary/aromatic N) is 1. The Hall–Kier alpha value is -4.00. The summed E-state index contributed by atoms with van der Waals surface area (Å²) in [5.41, 5.74) is 5.31. The van der Waals surface area contributed by atoms with Crippen molar-refractivity contribution in [1.82, 2.24) is 9.62 Å². The van der Waals surface area contributed by atoms with E-state index >= 15 is 0 Å². The summed E-state index contributed by atoms with van der Waals surface area (Å²) in [6.07, 6.45) is 7.37. The van der Waals surface area contributed by atoms with Crippen LogP contribution in [0, 0.1) is 0 Å². The van der Waals surface area contributed by atoms with Gasteiger partial charge in [-0.1, -0.05) is 115 Å². The Morgan fingerprint density at radius 2 is 1.26 bits per heavy atom. The van der Waals surface area contributed by atoms with Gasteiger partial charge in [0.2, 0.25) is 15.9 Å². The molecule has 1 heterocycles. The van der Waals surface area contributed by atoms with Crippen LogP contribution in [0.25, 0.3) is 6.08 Å². The first kappa shape index (κ1) is 30.5. The third-order valence-corrected chi connectivity index (χ3v) is 9.65. The van der Waals surface area contributed by atoms with Gasteiger partial charge in [-0.05, 0) is 78.8 Å². The van der Waals surface area contributed by atoms with Gasteiger partial charge >= 0.3 is 0 Å². The number of rotatable bonds is 13. The maximum atomic E-state index is 14.0. The van der Waals surface area contributed by atoms with Gasteiger partial charge in [0.1, 0.15) is 6.04 Å². The molecule has 1 N–H and O–H groups in total. The molecule has 6 heteroatoms. The summed E-state index contributed by atoms with van der Waals surface area (Å²) < 4.78 is 28.7. The molecular formula is C37H40N2O3S. The second-order valence-corrected chi connectivity index (χ2v) is 13.0. The summed E-state index contributed by atoms with van der Waals surface area (Å²) in [6.45, 7) is 0.169. The highest BCUT2D eigenvalue weighted by Crippen LogP contribution is 2.27. The topological polar surface area (TPSA) is 66.5 Å². The van der Waals surface area contributed by atoms with Crippen LogP contribution in [0.4, 0.5) is 0 Å². The van der Waals surface area contributed by atoms with Crippen molar-refractivity contribution in [3.8, 4) is 0 Å². The summed E-state index contributed by atoms with van der Waals surface area (Å²) in [6, 6.07) is 37.1. The van der Waals surface area contributed by atoms with Crippen LogP contribution in [0.1, 0.15) is 53.5 Å². The van der Waals surface area contributed by atoms with Crippen molar-refractivity contribution in [2.75, 3.05) is 0 Å². The van der Waals surface area contributed by atoms with Gasteiger partial charge in [-0.25, -0.2) is 8.42 Å². The lowest BCUT2D eigenvalue weighted by atomic mass is 9.94. The number of benzene rings is 4. The first-order valence-corrected chi connectivity index (χ1v) is 16.7. The number of carbonyl (C=O) groups excluding carboxylic acids is 1. The molecule has 5 rings (SSSR count). The van der Waals surface area contributed by atoms with Crippen molar-refractivity contribution >= 4 is 22.0 Å². The highest BCUT2D eigenvalue weighted by molar-refractivity contribution is 7.92. The SMILES string of the molecule is O=C(NC(CCCc1ccccc1)CCCc1ccccc1)C1Cc2ccccc2CN1S(=O)(=O)/C=C/c1ccccc1. The van der Waals surface area contributed by atoms with Crippen LogP contribution in [0.3, 0.4) is 0 Å². The Labute approximate surface area is 256 Å². The number of sulfonamides is 1. The normalized spacial score (nSPS) is 15.4. The molecule has 0 fully saturated rings. The van der Waals surface area contributed by atoms with Gasteiger partial charge in [-0.2, -0.15) is 4.31 Å². The molecule has 0 radical (unpaired) electrons. The Morgan fingerprint density at radius 3 is 1.84 bits per heavy atom. The highest BCUT2D eigenvalue weighted by atomic mass is 32.2. The molecule has 4 aromatic carbocycles. The predicted molar refractivity (Wildman–Crippen MR) is 175 cm³/mol. The molecule has 1 amide bonds. The van der Waals surface area contributed by atoms with E-state index in [9.17, 15) is 13.2 Å². The van der Waals surface area contributed by atoms with Crippen LogP contribution < -0.4 is 5.32 Å². The van der Waals surface area contributed by atoms with Crippen LogP contribution in [-0.2, 0) is 40.6 Å². The number of carbonyl (C=O) groups is 1. The molecule has 222 valence electrons. The molecule has 1 unspecified atom stereocenters. The molecule has 0 aromatic heterocycles. The van der Waals surface area contributed by atoms with Gasteiger partial charge < -0.3 is 5.32 Å². The Balaban J connectivity index is 1.32. The van der Waals surface area contributed by atoms with Crippen molar-refractivity contribution in [2.24, 2.45) is 0 Å². The molecule has 1 atom stereocenters. The predicted octanol–water partition coefficient (Wildman–Crippen LogP) is 6.94. The zero-order valence-corrected chi connectivity index (χ0v) is 25.3. The molecular weight excluding hydrogens is 552 g/mol. The van der Waals surface area contributed by atoms with Gasteiger partial charge in [0, 0.05) is 18.0 Å². The van der Waals surface area contributed by atoms with Gasteiger partial charge in [-0.3, -0.25) is 4.79 Å². The van der Waals surface area contributed by atoms with Crippen LogP contribution in [0.15, 0.2) is 121 Å². The van der Waals surface area contributed by atoms with Crippen LogP contribution in [0.5, 0.6) is 0 Å². The van der Waals surface area contributed by atoms with E-state index < -0.39 is 16.1 Å². The van der Waals surface area contributed by atoms with Crippen molar-refractivity contribution in [1.29, 1.82) is 0 Å². The first-order valence-electron chi connectivity index (χ1n) is 15.2. The van der Waals surface area contributed by atoms with E-state index in [-0.39, 0.29) is 18.5 Å². The fourth-order valence-corrected chi connectivity index (χ4v) is 7.11. The van der Waals surface area contributed by atoms with Gasteiger partial charge in [0.25, 0.3) is 0 Å². The maximum Gasteiger partial charge on any atom is 0.239 e. The van der Waals surface area contributed by atoms with Gasteiger partial charge in [0.15, 0.2) is 0 Å². The zero-order chi connectivity index (χ0) is 29.9. The zero-order valence-electron chi connectivity index (χ0n) is 24.5. The molecule has 43 heavy (non-hydrogen) atoms. The molecule has 0 saturated carbocycles. The van der Waals surface area contributed by atoms with Crippen molar-refractivity contribution in [2.45, 2.75) is 63.6 Å². The second-order valence-electron chi connectivity index (χ2n) is 11.3. The largest absolute Gasteiger partial charge is 0.352 e. The lowest BCUT2D eigenvalue weighted by Crippen LogP contribution is -2.53. The minimum atomic E-state index is -3.87. The minimum Gasteiger partial charge on any atom is -0.352 e. The summed E-state index contributed by atoms with van der Waals surface area (Å²) in [7, 11) is -3.87. The fourth-order valence-electron chi connectivity index (χ4n) is 5.78. The third kappa shape index (κ3) is 8.76. The van der Waals surface area contributed by atoms with E-state index in [2.05, 4.69) is 53.8 Å². The Morgan fingerprint density at radius 1 is 0.744 bits per heavy atom. The molecule has 0 aliphatic carbocycles. The quantitative estimate of drug-likeness (QED) is 0.183. The number of amides is 1. The van der Waals surface area contributed by atoms with Gasteiger partial charge in [0.05, 0.1) is 0 Å². The summed E-state index contributed by atoms with van der Waals surface area (Å²) >= 11 is 0. The maximum absolute atomic E-state index is 14.0. The molecule has 0 bridgehead atoms. The molecule has 1 aliphatic rings. The average molecular weight is 593 g/mol. The lowest BCUT2D eigenvalue weighted by molar-refractivity contribution is -0.126. The van der Waals surface area contributed by atoms with Crippen molar-refractivity contribution in [3.63, 3.8) is 0 Å². The van der Waals surface area contributed by atoms with Crippen molar-refractivity contribution < 1.29 is 13.2 Å². The number of hydrogen-bond donors (Lipinski definition) is 1. The smallest absolute Gasteiger partial charge is 0.239 e. The van der Waals surface area contributed by atoms with E-state index in [0.717, 1.165) is 55.2 Å². The van der Waals surface area contributed by atoms with E-state index in [1.165, 1.54) is 20.8 Å². The number of aryl methyl sites for hydroxylation is 2. The number of fused-ring (bicyclic) bond motifs is 1. The van der Waals surface area contributed by atoms with Crippen LogP contribution in [0.2, 0.25) is 0 Å². The molecule has 1 aliphatic heterocycles. The van der Waals surface area contributed by atoms with Gasteiger partial charge in [-0.15, -0.1) is 0 Å². The monoisotopic (exact) mass is 592 g/mol. The number of hydrogen-bond acceptors (Lipinski definition) is 3. The Kier molecular flexibility index (Phi) is 10.6. The standard InChI is InChI=1S/C37H40N2O3S/c40-37(38-35(24-12-20-30-14-4-1-5-15-30)25-13-21-31-16-6-2-7-17-31)36-28-33-22-10-11-23-34(33)29-39(36)43(41,42)27-26-32-18-8-3-9-19-32/h1-11,14-19,22-23,26-27,35-36H,12-13,20-21,24-25,28-29H2,(H,38,40)/b27-26+. The number of nitrogens with one attached hydrogen (secondary N) is 1. The summed E-state index contributed by atoms with van der Waals surface area (Å²) in [4.78, 5) is 14.0. The van der Waals surface area contributed by atoms with Crippen molar-refractivity contribution in [3.05, 3.63) is 148 Å². The molecule has 0 saturated heterocycles. The third-order valence-electron chi connectivity index (χ3n) is 8.14. The van der Waals surface area contributed by atoms with E-state index in [1.807, 2.05) is 66.7 Å². The molecule has 0 spiro atoms. The van der Waals surface area contributed by atoms with E-state index in [0.29, 0.717) is 6.42 Å². The second kappa shape index (κ2) is 14.9. The first-order chi connectivity index (χ1) is 21.0. The molecule has 4 aromatic rings. The fraction of sp³-hybridized carbons (Fsp3) is 0.270. The minimum absolute atomic E-state index is 0.0403. The summed E-state index contributed by atoms with van der Waals surface area (Å²) in [5, 5.41) is 4.53. The molecule has 5 nitrogen and oxygen atoms in total. The van der Waals surface area contributed by atoms with Crippen LogP contribution in [-0.4, -0.2) is 30.7 Å². The van der Waals surface area contributed by atoms with E-state index in [4.69, 9.17) is 0 Å². The summed E-state index contributed by atoms with van der Waals surface area (Å²) in [5.74, 6) is -0.226. The Bertz CT molecular complexity index is 1540.